The van der Waals surface area contributed by atoms with Gasteiger partial charge in [0.25, 0.3) is 15.7 Å². The fraction of sp³-hybridized carbons (Fsp3) is 0.533. The van der Waals surface area contributed by atoms with Crippen LogP contribution in [0.2, 0.25) is 0 Å². The number of ether oxygens (including phenoxy) is 1. The Hall–Kier alpha value is -2.00. The van der Waals surface area contributed by atoms with E-state index in [1.165, 1.54) is 12.1 Å². The maximum absolute atomic E-state index is 12.9. The molecule has 1 rings (SSSR count). The fourth-order valence-electron chi connectivity index (χ4n) is 2.13. The van der Waals surface area contributed by atoms with Crippen molar-refractivity contribution in [1.29, 1.82) is 0 Å². The minimum absolute atomic E-state index is 0.120. The molecule has 0 aliphatic heterocycles. The second kappa shape index (κ2) is 7.71. The number of benzene rings is 1. The smallest absolute Gasteiger partial charge is 0.321 e. The highest BCUT2D eigenvalue weighted by Gasteiger charge is 2.35. The van der Waals surface area contributed by atoms with E-state index in [0.29, 0.717) is 11.1 Å². The van der Waals surface area contributed by atoms with E-state index in [1.807, 2.05) is 0 Å². The van der Waals surface area contributed by atoms with Crippen LogP contribution in [0.25, 0.3) is 0 Å². The van der Waals surface area contributed by atoms with Crippen LogP contribution in [0.1, 0.15) is 31.9 Å². The third kappa shape index (κ3) is 4.30. The zero-order valence-corrected chi connectivity index (χ0v) is 15.2. The number of hydrogen-bond acceptors (Lipinski definition) is 6. The van der Waals surface area contributed by atoms with Gasteiger partial charge in [0.1, 0.15) is 6.54 Å². The van der Waals surface area contributed by atoms with Crippen molar-refractivity contribution in [3.05, 3.63) is 33.4 Å². The van der Waals surface area contributed by atoms with Crippen LogP contribution in [0.4, 0.5) is 5.69 Å². The molecule has 0 aliphatic rings. The maximum atomic E-state index is 12.9. The van der Waals surface area contributed by atoms with E-state index < -0.39 is 44.1 Å². The Bertz CT molecular complexity index is 743. The first kappa shape index (κ1) is 20.0. The molecular formula is C15H22N2O6S. The standard InChI is InChI=1S/C15H22N2O6S/c1-6-23-15(18)9-16(10(2)3)24(21,22)14-8-12(5)11(4)7-13(14)17(19)20/h7-8,10H,6,9H2,1-5H3. The van der Waals surface area contributed by atoms with Crippen molar-refractivity contribution < 1.29 is 22.9 Å². The summed E-state index contributed by atoms with van der Waals surface area (Å²) < 4.78 is 31.5. The Kier molecular flexibility index (Phi) is 6.44. The Labute approximate surface area is 141 Å². The van der Waals surface area contributed by atoms with E-state index in [4.69, 9.17) is 4.74 Å². The van der Waals surface area contributed by atoms with Crippen LogP contribution in [0, 0.1) is 24.0 Å². The lowest BCUT2D eigenvalue weighted by atomic mass is 10.1. The SMILES string of the molecule is CCOC(=O)CN(C(C)C)S(=O)(=O)c1cc(C)c(C)cc1[N+](=O)[O-]. The van der Waals surface area contributed by atoms with Gasteiger partial charge < -0.3 is 4.74 Å². The summed E-state index contributed by atoms with van der Waals surface area (Å²) in [6.45, 7) is 7.74. The number of nitro groups is 1. The predicted molar refractivity (Wildman–Crippen MR) is 88.2 cm³/mol. The molecule has 8 nitrogen and oxygen atoms in total. The van der Waals surface area contributed by atoms with Crippen molar-refractivity contribution >= 4 is 21.7 Å². The normalized spacial score (nSPS) is 11.8. The molecule has 0 saturated carbocycles. The maximum Gasteiger partial charge on any atom is 0.321 e. The van der Waals surface area contributed by atoms with Crippen molar-refractivity contribution in [3.63, 3.8) is 0 Å². The van der Waals surface area contributed by atoms with Gasteiger partial charge in [-0.05, 0) is 51.8 Å². The van der Waals surface area contributed by atoms with Gasteiger partial charge in [-0.2, -0.15) is 4.31 Å². The lowest BCUT2D eigenvalue weighted by molar-refractivity contribution is -0.387. The van der Waals surface area contributed by atoms with Gasteiger partial charge in [-0.3, -0.25) is 14.9 Å². The summed E-state index contributed by atoms with van der Waals surface area (Å²) in [5, 5.41) is 11.3. The van der Waals surface area contributed by atoms with Gasteiger partial charge in [0.05, 0.1) is 11.5 Å². The summed E-state index contributed by atoms with van der Waals surface area (Å²) in [7, 11) is -4.24. The molecular weight excluding hydrogens is 336 g/mol. The zero-order chi connectivity index (χ0) is 18.7. The number of aryl methyl sites for hydroxylation is 2. The number of esters is 1. The first-order chi connectivity index (χ1) is 11.0. The van der Waals surface area contributed by atoms with E-state index in [9.17, 15) is 23.3 Å². The largest absolute Gasteiger partial charge is 0.465 e. The Balaban J connectivity index is 3.47. The Morgan fingerprint density at radius 3 is 2.29 bits per heavy atom. The number of carbonyl (C=O) groups is 1. The molecule has 0 atom stereocenters. The van der Waals surface area contributed by atoms with E-state index in [2.05, 4.69) is 0 Å². The summed E-state index contributed by atoms with van der Waals surface area (Å²) in [6.07, 6.45) is 0. The minimum Gasteiger partial charge on any atom is -0.465 e. The number of nitro benzene ring substituents is 1. The van der Waals surface area contributed by atoms with Crippen LogP contribution in [0.15, 0.2) is 17.0 Å². The molecule has 24 heavy (non-hydrogen) atoms. The van der Waals surface area contributed by atoms with Gasteiger partial charge in [0.2, 0.25) is 0 Å². The van der Waals surface area contributed by atoms with Crippen LogP contribution in [0.3, 0.4) is 0 Å². The topological polar surface area (TPSA) is 107 Å². The number of rotatable bonds is 7. The molecule has 0 radical (unpaired) electrons. The van der Waals surface area contributed by atoms with Crippen LogP contribution in [-0.2, 0) is 19.6 Å². The highest BCUT2D eigenvalue weighted by Crippen LogP contribution is 2.30. The van der Waals surface area contributed by atoms with E-state index in [1.54, 1.807) is 34.6 Å². The van der Waals surface area contributed by atoms with Gasteiger partial charge in [-0.25, -0.2) is 8.42 Å². The van der Waals surface area contributed by atoms with Gasteiger partial charge in [0, 0.05) is 12.1 Å². The van der Waals surface area contributed by atoms with E-state index in [-0.39, 0.29) is 6.61 Å². The number of nitrogens with zero attached hydrogens (tertiary/aromatic N) is 2. The van der Waals surface area contributed by atoms with Crippen molar-refractivity contribution in [3.8, 4) is 0 Å². The van der Waals surface area contributed by atoms with Gasteiger partial charge in [-0.15, -0.1) is 0 Å². The molecule has 0 saturated heterocycles. The minimum atomic E-state index is -4.24. The quantitative estimate of drug-likeness (QED) is 0.420. The van der Waals surface area contributed by atoms with Crippen molar-refractivity contribution in [2.45, 2.75) is 45.6 Å². The van der Waals surface area contributed by atoms with Crippen molar-refractivity contribution in [1.82, 2.24) is 4.31 Å². The highest BCUT2D eigenvalue weighted by atomic mass is 32.2. The first-order valence-electron chi connectivity index (χ1n) is 7.45. The molecule has 0 aliphatic carbocycles. The van der Waals surface area contributed by atoms with Crippen LogP contribution < -0.4 is 0 Å². The van der Waals surface area contributed by atoms with Gasteiger partial charge >= 0.3 is 5.97 Å². The summed E-state index contributed by atoms with van der Waals surface area (Å²) >= 11 is 0. The highest BCUT2D eigenvalue weighted by molar-refractivity contribution is 7.89. The molecule has 134 valence electrons. The lowest BCUT2D eigenvalue weighted by Gasteiger charge is -2.25. The number of hydrogen-bond donors (Lipinski definition) is 0. The molecule has 0 fully saturated rings. The third-order valence-electron chi connectivity index (χ3n) is 3.52. The van der Waals surface area contributed by atoms with Gasteiger partial charge in [0.15, 0.2) is 4.90 Å². The van der Waals surface area contributed by atoms with Crippen LogP contribution >= 0.6 is 0 Å². The average Bonchev–Trinajstić information content (AvgIpc) is 2.46. The molecule has 0 spiro atoms. The molecule has 0 bridgehead atoms. The van der Waals surface area contributed by atoms with Crippen LogP contribution in [-0.4, -0.2) is 42.8 Å². The predicted octanol–water partition coefficient (Wildman–Crippen LogP) is 2.17. The molecule has 9 heteroatoms. The fourth-order valence-corrected chi connectivity index (χ4v) is 3.94. The second-order valence-corrected chi connectivity index (χ2v) is 7.47. The van der Waals surface area contributed by atoms with E-state index >= 15 is 0 Å². The molecule has 0 amide bonds. The first-order valence-corrected chi connectivity index (χ1v) is 8.89. The molecule has 0 heterocycles. The average molecular weight is 358 g/mol. The summed E-state index contributed by atoms with van der Waals surface area (Å²) in [4.78, 5) is 21.8. The summed E-state index contributed by atoms with van der Waals surface area (Å²) in [5.41, 5.74) is 0.716. The zero-order valence-electron chi connectivity index (χ0n) is 14.4. The van der Waals surface area contributed by atoms with E-state index in [0.717, 1.165) is 4.31 Å². The summed E-state index contributed by atoms with van der Waals surface area (Å²) in [6, 6.07) is 1.93. The molecule has 1 aromatic carbocycles. The number of carbonyl (C=O) groups excluding carboxylic acids is 1. The second-order valence-electron chi connectivity index (χ2n) is 5.61. The lowest BCUT2D eigenvalue weighted by Crippen LogP contribution is -2.41. The Morgan fingerprint density at radius 1 is 1.29 bits per heavy atom. The molecule has 0 aromatic heterocycles. The molecule has 0 N–H and O–H groups in total. The Morgan fingerprint density at radius 2 is 1.83 bits per heavy atom. The van der Waals surface area contributed by atoms with Crippen molar-refractivity contribution in [2.75, 3.05) is 13.2 Å². The van der Waals surface area contributed by atoms with Crippen LogP contribution in [0.5, 0.6) is 0 Å². The molecule has 0 unspecified atom stereocenters. The summed E-state index contributed by atoms with van der Waals surface area (Å²) in [5.74, 6) is -0.707. The number of sulfonamides is 1. The van der Waals surface area contributed by atoms with Gasteiger partial charge in [-0.1, -0.05) is 0 Å². The van der Waals surface area contributed by atoms with Crippen molar-refractivity contribution in [2.24, 2.45) is 0 Å². The molecule has 1 aromatic rings. The third-order valence-corrected chi connectivity index (χ3v) is 5.58. The monoisotopic (exact) mass is 358 g/mol.